The van der Waals surface area contributed by atoms with Gasteiger partial charge in [-0.3, -0.25) is 4.79 Å². The first-order valence-electron chi connectivity index (χ1n) is 11.9. The van der Waals surface area contributed by atoms with Crippen molar-refractivity contribution in [1.29, 1.82) is 0 Å². The fourth-order valence-corrected chi connectivity index (χ4v) is 5.48. The maximum Gasteiger partial charge on any atom is 0.247 e. The molecule has 1 heterocycles. The molecule has 1 aliphatic heterocycles. The zero-order valence-corrected chi connectivity index (χ0v) is 19.5. The molecule has 3 atom stereocenters. The van der Waals surface area contributed by atoms with Crippen molar-refractivity contribution in [2.24, 2.45) is 5.92 Å². The lowest BCUT2D eigenvalue weighted by molar-refractivity contribution is -0.151. The Morgan fingerprint density at radius 3 is 2.59 bits per heavy atom. The molecule has 1 N–H and O–H groups in total. The molecule has 0 radical (unpaired) electrons. The van der Waals surface area contributed by atoms with Crippen molar-refractivity contribution in [1.82, 2.24) is 4.90 Å². The molecule has 170 valence electrons. The van der Waals surface area contributed by atoms with Crippen LogP contribution in [-0.4, -0.2) is 35.2 Å². The third-order valence-corrected chi connectivity index (χ3v) is 7.33. The zero-order chi connectivity index (χ0) is 22.7. The van der Waals surface area contributed by atoms with E-state index in [9.17, 15) is 9.90 Å². The van der Waals surface area contributed by atoms with Crippen molar-refractivity contribution in [2.75, 3.05) is 13.7 Å². The van der Waals surface area contributed by atoms with E-state index in [1.54, 1.807) is 13.2 Å². The van der Waals surface area contributed by atoms with Crippen LogP contribution >= 0.6 is 0 Å². The van der Waals surface area contributed by atoms with Gasteiger partial charge < -0.3 is 14.7 Å². The van der Waals surface area contributed by atoms with E-state index in [2.05, 4.69) is 38.1 Å². The Bertz CT molecular complexity index is 965. The number of fused-ring (bicyclic) bond motifs is 1. The third kappa shape index (κ3) is 4.47. The van der Waals surface area contributed by atoms with E-state index in [-0.39, 0.29) is 17.9 Å². The summed E-state index contributed by atoms with van der Waals surface area (Å²) in [6, 6.07) is 16.1. The maximum atomic E-state index is 13.4. The topological polar surface area (TPSA) is 49.8 Å². The molecule has 0 spiro atoms. The smallest absolute Gasteiger partial charge is 0.247 e. The second-order valence-corrected chi connectivity index (χ2v) is 9.58. The van der Waals surface area contributed by atoms with Crippen LogP contribution in [0.3, 0.4) is 0 Å². The molecule has 1 aliphatic carbocycles. The van der Waals surface area contributed by atoms with Crippen LogP contribution in [0.2, 0.25) is 0 Å². The fraction of sp³-hybridized carbons (Fsp3) is 0.464. The maximum absolute atomic E-state index is 13.4. The Morgan fingerprint density at radius 2 is 1.88 bits per heavy atom. The second-order valence-electron chi connectivity index (χ2n) is 9.58. The van der Waals surface area contributed by atoms with Gasteiger partial charge in [-0.05, 0) is 48.4 Å². The lowest BCUT2D eigenvalue weighted by atomic mass is 9.66. The predicted octanol–water partition coefficient (Wildman–Crippen LogP) is 5.73. The van der Waals surface area contributed by atoms with E-state index in [1.807, 2.05) is 35.2 Å². The predicted molar refractivity (Wildman–Crippen MR) is 129 cm³/mol. The molecular formula is C28H35NO3. The number of ether oxygens (including phenoxy) is 1. The van der Waals surface area contributed by atoms with Crippen LogP contribution in [0.25, 0.3) is 6.08 Å². The number of nitrogens with zero attached hydrogens (tertiary/aromatic N) is 1. The number of rotatable bonds is 5. The van der Waals surface area contributed by atoms with Gasteiger partial charge >= 0.3 is 0 Å². The van der Waals surface area contributed by atoms with Gasteiger partial charge in [-0.25, -0.2) is 0 Å². The molecule has 2 aromatic carbocycles. The first-order valence-corrected chi connectivity index (χ1v) is 11.9. The van der Waals surface area contributed by atoms with Gasteiger partial charge in [0.15, 0.2) is 0 Å². The average molecular weight is 434 g/mol. The summed E-state index contributed by atoms with van der Waals surface area (Å²) in [6.45, 7) is 4.90. The van der Waals surface area contributed by atoms with Crippen LogP contribution in [0.1, 0.15) is 74.6 Å². The second kappa shape index (κ2) is 9.50. The quantitative estimate of drug-likeness (QED) is 0.613. The number of amides is 1. The Labute approximate surface area is 191 Å². The highest BCUT2D eigenvalue weighted by Crippen LogP contribution is 2.50. The van der Waals surface area contributed by atoms with E-state index in [1.165, 1.54) is 5.56 Å². The largest absolute Gasteiger partial charge is 0.496 e. The Morgan fingerprint density at radius 1 is 1.12 bits per heavy atom. The number of para-hydroxylation sites is 1. The van der Waals surface area contributed by atoms with Crippen LogP contribution in [0.4, 0.5) is 0 Å². The van der Waals surface area contributed by atoms with Gasteiger partial charge in [0.05, 0.1) is 18.8 Å². The molecule has 1 saturated carbocycles. The molecule has 1 amide bonds. The van der Waals surface area contributed by atoms with Crippen molar-refractivity contribution in [3.05, 3.63) is 71.3 Å². The molecule has 4 nitrogen and oxygen atoms in total. The number of carbonyl (C=O) groups is 1. The van der Waals surface area contributed by atoms with Crippen molar-refractivity contribution in [2.45, 2.75) is 63.5 Å². The summed E-state index contributed by atoms with van der Waals surface area (Å²) in [5.41, 5.74) is 2.58. The Balaban J connectivity index is 1.64. The van der Waals surface area contributed by atoms with Crippen LogP contribution in [0.15, 0.2) is 54.6 Å². The highest BCUT2D eigenvalue weighted by molar-refractivity contribution is 5.92. The summed E-state index contributed by atoms with van der Waals surface area (Å²) in [4.78, 5) is 15.4. The number of piperidine rings is 1. The van der Waals surface area contributed by atoms with E-state index in [4.69, 9.17) is 4.74 Å². The van der Waals surface area contributed by atoms with E-state index < -0.39 is 5.60 Å². The summed E-state index contributed by atoms with van der Waals surface area (Å²) in [5, 5.41) is 11.5. The molecule has 2 aliphatic rings. The summed E-state index contributed by atoms with van der Waals surface area (Å²) in [7, 11) is 1.67. The zero-order valence-electron chi connectivity index (χ0n) is 19.5. The first kappa shape index (κ1) is 22.6. The van der Waals surface area contributed by atoms with Gasteiger partial charge in [-0.15, -0.1) is 0 Å². The van der Waals surface area contributed by atoms with Gasteiger partial charge in [0, 0.05) is 24.1 Å². The fourth-order valence-electron chi connectivity index (χ4n) is 5.48. The minimum Gasteiger partial charge on any atom is -0.496 e. The number of hydrogen-bond donors (Lipinski definition) is 1. The molecule has 0 aromatic heterocycles. The average Bonchev–Trinajstić information content (AvgIpc) is 2.81. The van der Waals surface area contributed by atoms with Crippen molar-refractivity contribution < 1.29 is 14.6 Å². The molecule has 0 unspecified atom stereocenters. The van der Waals surface area contributed by atoms with Crippen molar-refractivity contribution in [3.63, 3.8) is 0 Å². The van der Waals surface area contributed by atoms with Gasteiger partial charge in [-0.1, -0.05) is 69.2 Å². The summed E-state index contributed by atoms with van der Waals surface area (Å²) < 4.78 is 5.66. The number of carbonyl (C=O) groups excluding carboxylic acids is 1. The lowest BCUT2D eigenvalue weighted by Crippen LogP contribution is -2.56. The van der Waals surface area contributed by atoms with Gasteiger partial charge in [0.1, 0.15) is 5.75 Å². The van der Waals surface area contributed by atoms with Crippen LogP contribution < -0.4 is 4.74 Å². The van der Waals surface area contributed by atoms with Crippen LogP contribution in [0.5, 0.6) is 5.75 Å². The number of benzene rings is 2. The monoisotopic (exact) mass is 433 g/mol. The molecule has 1 saturated heterocycles. The highest BCUT2D eigenvalue weighted by Gasteiger charge is 2.50. The van der Waals surface area contributed by atoms with E-state index >= 15 is 0 Å². The molecule has 4 rings (SSSR count). The summed E-state index contributed by atoms with van der Waals surface area (Å²) in [5.74, 6) is 1.27. The van der Waals surface area contributed by atoms with Gasteiger partial charge in [0.25, 0.3) is 0 Å². The van der Waals surface area contributed by atoms with Crippen LogP contribution in [-0.2, 0) is 4.79 Å². The van der Waals surface area contributed by atoms with E-state index in [0.29, 0.717) is 18.9 Å². The molecule has 2 fully saturated rings. The number of hydrogen-bond acceptors (Lipinski definition) is 3. The van der Waals surface area contributed by atoms with Crippen molar-refractivity contribution >= 4 is 12.0 Å². The number of aliphatic hydroxyl groups is 1. The minimum atomic E-state index is -0.711. The van der Waals surface area contributed by atoms with Crippen molar-refractivity contribution in [3.8, 4) is 5.75 Å². The van der Waals surface area contributed by atoms with E-state index in [0.717, 1.165) is 42.6 Å². The Kier molecular flexibility index (Phi) is 6.71. The molecule has 32 heavy (non-hydrogen) atoms. The third-order valence-electron chi connectivity index (χ3n) is 7.33. The minimum absolute atomic E-state index is 0.0125. The number of likely N-dealkylation sites (tertiary alicyclic amines) is 1. The van der Waals surface area contributed by atoms with Gasteiger partial charge in [0.2, 0.25) is 5.91 Å². The highest BCUT2D eigenvalue weighted by atomic mass is 16.5. The summed E-state index contributed by atoms with van der Waals surface area (Å²) >= 11 is 0. The normalized spacial score (nSPS) is 25.7. The molecule has 0 bridgehead atoms. The molecular weight excluding hydrogens is 398 g/mol. The van der Waals surface area contributed by atoms with Crippen LogP contribution in [0, 0.1) is 5.92 Å². The summed E-state index contributed by atoms with van der Waals surface area (Å²) in [6.07, 6.45) is 8.07. The number of methoxy groups -OCH3 is 1. The Hall–Kier alpha value is -2.59. The molecule has 2 aromatic rings. The SMILES string of the molecule is COc1ccccc1[C@@H]1[C@@H]2CCCC[C@]2(O)CCN1C(=O)/C=C/c1ccc(C(C)C)cc1. The first-order chi connectivity index (χ1) is 15.4. The van der Waals surface area contributed by atoms with Gasteiger partial charge in [-0.2, -0.15) is 0 Å². The lowest BCUT2D eigenvalue weighted by Gasteiger charge is -2.52. The molecule has 4 heteroatoms. The standard InChI is InChI=1S/C28H35NO3/c1-20(2)22-14-11-21(12-15-22)13-16-26(30)29-19-18-28(31)17-7-6-9-24(28)27(29)23-8-4-5-10-25(23)32-3/h4-5,8,10-16,20,24,27,31H,6-7,9,17-19H2,1-3H3/b16-13+/t24-,27+,28-/m0/s1.